The number of alkyl halides is 3. The number of H-pyrrole nitrogens is 1. The molecule has 3 rings (SSSR count). The molecule has 1 N–H and O–H groups in total. The molecular formula is C16H18F3N3OS. The number of hydrogen-bond acceptors (Lipinski definition) is 4. The number of nitrogens with one attached hydrogen (secondary N) is 1. The van der Waals surface area contributed by atoms with E-state index in [0.717, 1.165) is 5.69 Å². The number of nitrogens with zero attached hydrogens (tertiary/aromatic N) is 2. The molecule has 1 aliphatic carbocycles. The minimum atomic E-state index is -4.14. The summed E-state index contributed by atoms with van der Waals surface area (Å²) in [7, 11) is 0. The van der Waals surface area contributed by atoms with Crippen molar-refractivity contribution in [1.82, 2.24) is 15.0 Å². The molecule has 0 bridgehead atoms. The fourth-order valence-corrected chi connectivity index (χ4v) is 4.12. The summed E-state index contributed by atoms with van der Waals surface area (Å²) >= 11 is 1.35. The van der Waals surface area contributed by atoms with Gasteiger partial charge >= 0.3 is 6.18 Å². The van der Waals surface area contributed by atoms with Crippen molar-refractivity contribution in [3.8, 4) is 10.6 Å². The van der Waals surface area contributed by atoms with Crippen LogP contribution in [0, 0.1) is 19.8 Å². The van der Waals surface area contributed by atoms with Gasteiger partial charge < -0.3 is 4.98 Å². The number of aromatic nitrogens is 3. The van der Waals surface area contributed by atoms with Gasteiger partial charge in [-0.25, -0.2) is 9.97 Å². The van der Waals surface area contributed by atoms with Crippen LogP contribution in [0.15, 0.2) is 10.2 Å². The first-order chi connectivity index (χ1) is 11.3. The number of aryl methyl sites for hydroxylation is 2. The Hall–Kier alpha value is -1.70. The zero-order valence-electron chi connectivity index (χ0n) is 13.4. The summed E-state index contributed by atoms with van der Waals surface area (Å²) in [6.45, 7) is 3.52. The third-order valence-corrected chi connectivity index (χ3v) is 5.45. The lowest BCUT2D eigenvalue weighted by Crippen LogP contribution is -2.28. The maximum atomic E-state index is 12.9. The normalized spacial score (nSPS) is 21.9. The second-order valence-electron chi connectivity index (χ2n) is 6.30. The van der Waals surface area contributed by atoms with Gasteiger partial charge in [0.1, 0.15) is 10.8 Å². The highest BCUT2D eigenvalue weighted by Gasteiger charge is 2.42. The minimum absolute atomic E-state index is 0.0814. The van der Waals surface area contributed by atoms with Crippen LogP contribution in [0.5, 0.6) is 0 Å². The van der Waals surface area contributed by atoms with Crippen molar-refractivity contribution in [2.45, 2.75) is 51.6 Å². The maximum Gasteiger partial charge on any atom is 0.391 e. The predicted molar refractivity (Wildman–Crippen MR) is 86.2 cm³/mol. The third-order valence-electron chi connectivity index (χ3n) is 4.48. The number of halogens is 3. The zero-order valence-corrected chi connectivity index (χ0v) is 14.2. The van der Waals surface area contributed by atoms with E-state index in [-0.39, 0.29) is 24.3 Å². The molecule has 4 nitrogen and oxygen atoms in total. The summed E-state index contributed by atoms with van der Waals surface area (Å²) in [4.78, 5) is 23.9. The largest absolute Gasteiger partial charge is 0.391 e. The number of rotatable bonds is 2. The number of thiazole rings is 1. The van der Waals surface area contributed by atoms with Gasteiger partial charge in [-0.05, 0) is 39.5 Å². The van der Waals surface area contributed by atoms with Crippen molar-refractivity contribution in [3.05, 3.63) is 32.9 Å². The molecule has 8 heteroatoms. The molecule has 0 aromatic carbocycles. The van der Waals surface area contributed by atoms with Crippen molar-refractivity contribution in [3.63, 3.8) is 0 Å². The molecule has 0 radical (unpaired) electrons. The highest BCUT2D eigenvalue weighted by Crippen LogP contribution is 2.43. The van der Waals surface area contributed by atoms with Crippen LogP contribution in [0.25, 0.3) is 10.6 Å². The minimum Gasteiger partial charge on any atom is -0.310 e. The van der Waals surface area contributed by atoms with Crippen LogP contribution in [0.3, 0.4) is 0 Å². The van der Waals surface area contributed by atoms with Crippen molar-refractivity contribution in [1.29, 1.82) is 0 Å². The molecule has 0 atom stereocenters. The van der Waals surface area contributed by atoms with Crippen LogP contribution < -0.4 is 5.56 Å². The summed E-state index contributed by atoms with van der Waals surface area (Å²) in [6.07, 6.45) is -3.21. The Morgan fingerprint density at radius 1 is 1.17 bits per heavy atom. The van der Waals surface area contributed by atoms with Gasteiger partial charge in [-0.3, -0.25) is 4.79 Å². The van der Waals surface area contributed by atoms with Crippen LogP contribution >= 0.6 is 11.3 Å². The molecule has 0 aliphatic heterocycles. The number of hydrogen-bond donors (Lipinski definition) is 1. The monoisotopic (exact) mass is 357 g/mol. The van der Waals surface area contributed by atoms with Crippen molar-refractivity contribution < 1.29 is 13.2 Å². The van der Waals surface area contributed by atoms with Crippen molar-refractivity contribution in [2.75, 3.05) is 0 Å². The molecule has 1 fully saturated rings. The summed E-state index contributed by atoms with van der Waals surface area (Å²) in [5, 5.41) is 2.42. The molecule has 1 saturated carbocycles. The third kappa shape index (κ3) is 3.38. The van der Waals surface area contributed by atoms with Crippen LogP contribution in [0.1, 0.15) is 48.8 Å². The van der Waals surface area contributed by atoms with E-state index >= 15 is 0 Å². The quantitative estimate of drug-likeness (QED) is 0.869. The van der Waals surface area contributed by atoms with E-state index in [1.807, 2.05) is 12.3 Å². The van der Waals surface area contributed by atoms with Crippen LogP contribution in [-0.2, 0) is 0 Å². The van der Waals surface area contributed by atoms with E-state index in [0.29, 0.717) is 34.9 Å². The van der Waals surface area contributed by atoms with Gasteiger partial charge in [0.2, 0.25) is 0 Å². The first-order valence-corrected chi connectivity index (χ1v) is 8.73. The summed E-state index contributed by atoms with van der Waals surface area (Å²) < 4.78 is 38.6. The van der Waals surface area contributed by atoms with E-state index in [2.05, 4.69) is 15.0 Å². The second-order valence-corrected chi connectivity index (χ2v) is 7.15. The van der Waals surface area contributed by atoms with E-state index in [9.17, 15) is 18.0 Å². The summed E-state index contributed by atoms with van der Waals surface area (Å²) in [5.41, 5.74) is 1.53. The zero-order chi connectivity index (χ0) is 17.5. The molecular weight excluding hydrogens is 339 g/mol. The summed E-state index contributed by atoms with van der Waals surface area (Å²) in [5.74, 6) is -0.906. The average Bonchev–Trinajstić information content (AvgIpc) is 2.92. The fourth-order valence-electron chi connectivity index (χ4n) is 3.27. The molecule has 1 aliphatic rings. The van der Waals surface area contributed by atoms with Gasteiger partial charge in [-0.1, -0.05) is 0 Å². The second kappa shape index (κ2) is 6.31. The Labute approximate surface area is 141 Å². The van der Waals surface area contributed by atoms with Crippen LogP contribution in [0.4, 0.5) is 13.2 Å². The van der Waals surface area contributed by atoms with Crippen molar-refractivity contribution >= 4 is 11.3 Å². The van der Waals surface area contributed by atoms with Gasteiger partial charge in [-0.2, -0.15) is 13.2 Å². The topological polar surface area (TPSA) is 58.6 Å². The fraction of sp³-hybridized carbons (Fsp3) is 0.562. The maximum absolute atomic E-state index is 12.9. The molecule has 2 aromatic rings. The van der Waals surface area contributed by atoms with Gasteiger partial charge in [-0.15, -0.1) is 11.3 Å². The molecule has 0 spiro atoms. The molecule has 0 saturated heterocycles. The standard InChI is InChI=1S/C16H18F3N3OS/c1-8-7-24-15(20-8)12-13(21-9(2)22-14(12)23)10-3-5-11(6-4-10)16(17,18)19/h7,10-11H,3-6H2,1-2H3,(H,21,22,23). The van der Waals surface area contributed by atoms with E-state index in [1.54, 1.807) is 6.92 Å². The highest BCUT2D eigenvalue weighted by atomic mass is 32.1. The van der Waals surface area contributed by atoms with Gasteiger partial charge in [0.05, 0.1) is 17.2 Å². The molecule has 0 amide bonds. The van der Waals surface area contributed by atoms with Crippen LogP contribution in [-0.4, -0.2) is 21.1 Å². The Kier molecular flexibility index (Phi) is 4.50. The Morgan fingerprint density at radius 3 is 2.38 bits per heavy atom. The molecule has 2 aromatic heterocycles. The SMILES string of the molecule is Cc1csc(-c2c(C3CCC(C(F)(F)F)CC3)nc(C)[nH]c2=O)n1. The smallest absolute Gasteiger partial charge is 0.310 e. The van der Waals surface area contributed by atoms with Gasteiger partial charge in [0.15, 0.2) is 0 Å². The predicted octanol–water partition coefficient (Wildman–Crippen LogP) is 4.35. The van der Waals surface area contributed by atoms with E-state index < -0.39 is 12.1 Å². The van der Waals surface area contributed by atoms with Gasteiger partial charge in [0, 0.05) is 17.0 Å². The molecule has 2 heterocycles. The molecule has 0 unspecified atom stereocenters. The first-order valence-electron chi connectivity index (χ1n) is 7.85. The number of aromatic amines is 1. The summed E-state index contributed by atoms with van der Waals surface area (Å²) in [6, 6.07) is 0. The molecule has 130 valence electrons. The Balaban J connectivity index is 1.95. The lowest BCUT2D eigenvalue weighted by molar-refractivity contribution is -0.182. The van der Waals surface area contributed by atoms with Crippen LogP contribution in [0.2, 0.25) is 0 Å². The lowest BCUT2D eigenvalue weighted by atomic mass is 9.79. The average molecular weight is 357 g/mol. The van der Waals surface area contributed by atoms with E-state index in [1.165, 1.54) is 11.3 Å². The lowest BCUT2D eigenvalue weighted by Gasteiger charge is -2.30. The highest BCUT2D eigenvalue weighted by molar-refractivity contribution is 7.13. The van der Waals surface area contributed by atoms with Gasteiger partial charge in [0.25, 0.3) is 5.56 Å². The van der Waals surface area contributed by atoms with Crippen molar-refractivity contribution in [2.24, 2.45) is 5.92 Å². The molecule has 24 heavy (non-hydrogen) atoms. The first kappa shape index (κ1) is 17.1. The Morgan fingerprint density at radius 2 is 1.83 bits per heavy atom. The Bertz CT molecular complexity index is 789. The van der Waals surface area contributed by atoms with E-state index in [4.69, 9.17) is 0 Å².